The Morgan fingerprint density at radius 1 is 1.14 bits per heavy atom. The van der Waals surface area contributed by atoms with Crippen LogP contribution in [0.2, 0.25) is 0 Å². The third-order valence-electron chi connectivity index (χ3n) is 5.11. The summed E-state index contributed by atoms with van der Waals surface area (Å²) in [5.74, 6) is -3.47. The number of esters is 1. The van der Waals surface area contributed by atoms with Crippen molar-refractivity contribution in [2.75, 3.05) is 13.7 Å². The first-order valence-corrected chi connectivity index (χ1v) is 11.4. The SMILES string of the molecule is CCC(C)N(C(=O)C(CC(N)=O)NC(=O)OC(C)(C)C)C(C(=O)NCC(=O)OC)c1ccccc1O. The number of rotatable bonds is 11. The lowest BCUT2D eigenvalue weighted by molar-refractivity contribution is -0.147. The van der Waals surface area contributed by atoms with Crippen LogP contribution in [0.3, 0.4) is 0 Å². The maximum atomic E-state index is 13.8. The molecule has 0 aliphatic carbocycles. The molecule has 0 spiro atoms. The van der Waals surface area contributed by atoms with Crippen LogP contribution in [0.15, 0.2) is 24.3 Å². The highest BCUT2D eigenvalue weighted by Gasteiger charge is 2.40. The number of amides is 4. The number of phenols is 1. The van der Waals surface area contributed by atoms with E-state index in [4.69, 9.17) is 10.5 Å². The van der Waals surface area contributed by atoms with E-state index in [0.717, 1.165) is 12.0 Å². The summed E-state index contributed by atoms with van der Waals surface area (Å²) in [6, 6.07) is 2.40. The minimum absolute atomic E-state index is 0.0728. The molecule has 0 aliphatic heterocycles. The number of nitrogens with zero attached hydrogens (tertiary/aromatic N) is 1. The summed E-state index contributed by atoms with van der Waals surface area (Å²) in [5, 5.41) is 15.3. The zero-order valence-electron chi connectivity index (χ0n) is 21.5. The summed E-state index contributed by atoms with van der Waals surface area (Å²) < 4.78 is 9.77. The summed E-state index contributed by atoms with van der Waals surface area (Å²) in [5.41, 5.74) is 4.53. The number of methoxy groups -OCH3 is 1. The number of hydrogen-bond donors (Lipinski definition) is 4. The van der Waals surface area contributed by atoms with Crippen molar-refractivity contribution in [1.82, 2.24) is 15.5 Å². The van der Waals surface area contributed by atoms with Crippen LogP contribution >= 0.6 is 0 Å². The van der Waals surface area contributed by atoms with E-state index in [-0.39, 0.29) is 11.3 Å². The van der Waals surface area contributed by atoms with Crippen LogP contribution < -0.4 is 16.4 Å². The standard InChI is InChI=1S/C24H36N4O8/c1-7-14(2)28(22(33)16(12-18(25)30)27-23(34)36-24(3,4)5)20(15-10-8-9-11-17(15)29)21(32)26-13-19(31)35-6/h8-11,14,16,20,29H,7,12-13H2,1-6H3,(H2,25,30)(H,26,32)(H,27,34). The molecule has 1 rings (SSSR count). The first-order valence-electron chi connectivity index (χ1n) is 11.4. The predicted molar refractivity (Wildman–Crippen MR) is 129 cm³/mol. The zero-order valence-corrected chi connectivity index (χ0v) is 21.5. The average Bonchev–Trinajstić information content (AvgIpc) is 2.78. The molecule has 0 aromatic heterocycles. The lowest BCUT2D eigenvalue weighted by atomic mass is 9.98. The Hall–Kier alpha value is -3.83. The van der Waals surface area contributed by atoms with Gasteiger partial charge in [-0.05, 0) is 40.2 Å². The molecule has 12 heteroatoms. The number of primary amides is 1. The van der Waals surface area contributed by atoms with E-state index >= 15 is 0 Å². The van der Waals surface area contributed by atoms with Crippen molar-refractivity contribution in [2.24, 2.45) is 5.73 Å². The number of para-hydroxylation sites is 1. The number of carbonyl (C=O) groups excluding carboxylic acids is 5. The van der Waals surface area contributed by atoms with E-state index < -0.39 is 66.5 Å². The Bertz CT molecular complexity index is 960. The molecule has 0 fully saturated rings. The number of alkyl carbamates (subject to hydrolysis) is 1. The third-order valence-corrected chi connectivity index (χ3v) is 5.11. The van der Waals surface area contributed by atoms with E-state index in [9.17, 15) is 29.1 Å². The van der Waals surface area contributed by atoms with Crippen LogP contribution in [-0.2, 0) is 28.7 Å². The normalized spacial score (nSPS) is 13.5. The zero-order chi connectivity index (χ0) is 27.6. The van der Waals surface area contributed by atoms with Gasteiger partial charge in [-0.25, -0.2) is 4.79 Å². The molecule has 3 unspecified atom stereocenters. The van der Waals surface area contributed by atoms with Crippen molar-refractivity contribution in [3.63, 3.8) is 0 Å². The van der Waals surface area contributed by atoms with Crippen molar-refractivity contribution < 1.29 is 38.6 Å². The largest absolute Gasteiger partial charge is 0.508 e. The summed E-state index contributed by atoms with van der Waals surface area (Å²) in [6.45, 7) is 7.83. The average molecular weight is 509 g/mol. The van der Waals surface area contributed by atoms with E-state index in [1.165, 1.54) is 18.2 Å². The predicted octanol–water partition coefficient (Wildman–Crippen LogP) is 1.12. The van der Waals surface area contributed by atoms with Crippen molar-refractivity contribution in [1.29, 1.82) is 0 Å². The van der Waals surface area contributed by atoms with Crippen molar-refractivity contribution in [3.8, 4) is 5.75 Å². The molecule has 0 aliphatic rings. The van der Waals surface area contributed by atoms with Gasteiger partial charge in [-0.1, -0.05) is 25.1 Å². The fourth-order valence-corrected chi connectivity index (χ4v) is 3.29. The monoisotopic (exact) mass is 508 g/mol. The van der Waals surface area contributed by atoms with Crippen LogP contribution in [0.4, 0.5) is 4.79 Å². The lowest BCUT2D eigenvalue weighted by Gasteiger charge is -2.38. The van der Waals surface area contributed by atoms with Gasteiger partial charge in [0.25, 0.3) is 0 Å². The van der Waals surface area contributed by atoms with Crippen molar-refractivity contribution in [3.05, 3.63) is 29.8 Å². The highest BCUT2D eigenvalue weighted by molar-refractivity contribution is 5.95. The highest BCUT2D eigenvalue weighted by Crippen LogP contribution is 2.32. The molecule has 12 nitrogen and oxygen atoms in total. The Kier molecular flexibility index (Phi) is 11.2. The Balaban J connectivity index is 3.54. The van der Waals surface area contributed by atoms with E-state index in [1.807, 2.05) is 0 Å². The molecule has 36 heavy (non-hydrogen) atoms. The molecule has 1 aromatic rings. The van der Waals surface area contributed by atoms with Gasteiger partial charge in [-0.3, -0.25) is 19.2 Å². The number of benzene rings is 1. The van der Waals surface area contributed by atoms with Gasteiger partial charge in [0, 0.05) is 11.6 Å². The topological polar surface area (TPSA) is 177 Å². The number of hydrogen-bond acceptors (Lipinski definition) is 8. The maximum absolute atomic E-state index is 13.8. The molecule has 4 amide bonds. The summed E-state index contributed by atoms with van der Waals surface area (Å²) in [7, 11) is 1.15. The minimum Gasteiger partial charge on any atom is -0.508 e. The molecule has 200 valence electrons. The van der Waals surface area contributed by atoms with Gasteiger partial charge < -0.3 is 35.8 Å². The number of carbonyl (C=O) groups is 5. The molecule has 0 saturated heterocycles. The molecule has 5 N–H and O–H groups in total. The fourth-order valence-electron chi connectivity index (χ4n) is 3.29. The van der Waals surface area contributed by atoms with Gasteiger partial charge in [0.2, 0.25) is 17.7 Å². The Morgan fingerprint density at radius 3 is 2.25 bits per heavy atom. The number of aromatic hydroxyl groups is 1. The van der Waals surface area contributed by atoms with Gasteiger partial charge in [0.15, 0.2) is 0 Å². The molecular formula is C24H36N4O8. The van der Waals surface area contributed by atoms with Crippen LogP contribution in [0.5, 0.6) is 5.75 Å². The number of phenolic OH excluding ortho intramolecular Hbond substituents is 1. The van der Waals surface area contributed by atoms with Crippen LogP contribution in [0, 0.1) is 0 Å². The molecule has 3 atom stereocenters. The second-order valence-electron chi connectivity index (χ2n) is 9.13. The maximum Gasteiger partial charge on any atom is 0.408 e. The highest BCUT2D eigenvalue weighted by atomic mass is 16.6. The third kappa shape index (κ3) is 9.08. The second-order valence-corrected chi connectivity index (χ2v) is 9.13. The second kappa shape index (κ2) is 13.3. The van der Waals surface area contributed by atoms with Gasteiger partial charge in [0.1, 0.15) is 30.0 Å². The van der Waals surface area contributed by atoms with Crippen molar-refractivity contribution >= 4 is 29.8 Å². The quantitative estimate of drug-likeness (QED) is 0.321. The Morgan fingerprint density at radius 2 is 1.75 bits per heavy atom. The van der Waals surface area contributed by atoms with Gasteiger partial charge in [-0.15, -0.1) is 0 Å². The minimum atomic E-state index is -1.46. The Labute approximate surface area is 210 Å². The molecule has 0 bridgehead atoms. The van der Waals surface area contributed by atoms with E-state index in [2.05, 4.69) is 15.4 Å². The summed E-state index contributed by atoms with van der Waals surface area (Å²) in [4.78, 5) is 64.1. The summed E-state index contributed by atoms with van der Waals surface area (Å²) in [6.07, 6.45) is -1.15. The van der Waals surface area contributed by atoms with Gasteiger partial charge in [-0.2, -0.15) is 0 Å². The molecule has 0 radical (unpaired) electrons. The number of nitrogens with two attached hydrogens (primary N) is 1. The van der Waals surface area contributed by atoms with E-state index in [0.29, 0.717) is 6.42 Å². The van der Waals surface area contributed by atoms with Gasteiger partial charge in [0.05, 0.1) is 13.5 Å². The van der Waals surface area contributed by atoms with Crippen LogP contribution in [0.1, 0.15) is 59.1 Å². The molecule has 1 aromatic carbocycles. The first-order chi connectivity index (χ1) is 16.7. The summed E-state index contributed by atoms with van der Waals surface area (Å²) >= 11 is 0. The van der Waals surface area contributed by atoms with Crippen molar-refractivity contribution in [2.45, 2.75) is 71.2 Å². The lowest BCUT2D eigenvalue weighted by Crippen LogP contribution is -2.56. The van der Waals surface area contributed by atoms with Crippen LogP contribution in [0.25, 0.3) is 0 Å². The molecule has 0 saturated carbocycles. The smallest absolute Gasteiger partial charge is 0.408 e. The molecule has 0 heterocycles. The number of nitrogens with one attached hydrogen (secondary N) is 2. The fraction of sp³-hybridized carbons (Fsp3) is 0.542. The van der Waals surface area contributed by atoms with E-state index in [1.54, 1.807) is 40.7 Å². The first kappa shape index (κ1) is 30.2. The number of ether oxygens (including phenoxy) is 2. The van der Waals surface area contributed by atoms with Gasteiger partial charge >= 0.3 is 12.1 Å². The van der Waals surface area contributed by atoms with Crippen LogP contribution in [-0.4, -0.2) is 71.1 Å². The molecular weight excluding hydrogens is 472 g/mol.